The molecule has 2 heterocycles. The van der Waals surface area contributed by atoms with Crippen LogP contribution in [0.15, 0.2) is 71.6 Å². The van der Waals surface area contributed by atoms with Gasteiger partial charge < -0.3 is 19.0 Å². The maximum atomic E-state index is 11.0. The molecule has 0 aliphatic heterocycles. The van der Waals surface area contributed by atoms with E-state index >= 15 is 0 Å². The standard InChI is InChI=1S/C26H26N2O5.C2H6/c29-25(30)10-8-19-7-9-23(17-24(19)33-22-11-14-27-15-12-22)31-16-13-21-18-32-26(28-21)20-5-3-1-2-4-6-20;1-2/h3,5-7,9,11-12,14-15,17-18H,1-2,4,8,10,13,16H2,(H,29,30);1-2H3. The van der Waals surface area contributed by atoms with E-state index in [9.17, 15) is 4.79 Å². The Morgan fingerprint density at radius 2 is 1.91 bits per heavy atom. The highest BCUT2D eigenvalue weighted by molar-refractivity contribution is 5.69. The van der Waals surface area contributed by atoms with E-state index in [-0.39, 0.29) is 6.42 Å². The number of carboxylic acid groups (broad SMARTS) is 1. The first-order chi connectivity index (χ1) is 17.2. The zero-order valence-electron chi connectivity index (χ0n) is 20.3. The van der Waals surface area contributed by atoms with Gasteiger partial charge in [0.15, 0.2) is 0 Å². The van der Waals surface area contributed by atoms with E-state index in [1.54, 1.807) is 36.9 Å². The van der Waals surface area contributed by atoms with Crippen molar-refractivity contribution in [2.24, 2.45) is 0 Å². The van der Waals surface area contributed by atoms with Crippen LogP contribution in [0.25, 0.3) is 5.57 Å². The molecule has 0 saturated carbocycles. The Bertz CT molecular complexity index is 1140. The minimum absolute atomic E-state index is 0.0209. The third-order valence-corrected chi connectivity index (χ3v) is 5.19. The van der Waals surface area contributed by atoms with Crippen molar-refractivity contribution in [3.8, 4) is 17.2 Å². The molecule has 2 aromatic heterocycles. The lowest BCUT2D eigenvalue weighted by atomic mass is 10.1. The molecule has 0 radical (unpaired) electrons. The smallest absolute Gasteiger partial charge is 0.303 e. The van der Waals surface area contributed by atoms with E-state index in [2.05, 4.69) is 28.2 Å². The monoisotopic (exact) mass is 476 g/mol. The number of hydrogen-bond acceptors (Lipinski definition) is 6. The van der Waals surface area contributed by atoms with Crippen molar-refractivity contribution in [3.63, 3.8) is 0 Å². The number of pyridine rings is 1. The van der Waals surface area contributed by atoms with Gasteiger partial charge in [-0.15, -0.1) is 0 Å². The predicted molar refractivity (Wildman–Crippen MR) is 135 cm³/mol. The summed E-state index contributed by atoms with van der Waals surface area (Å²) in [7, 11) is 0. The molecule has 1 aliphatic carbocycles. The van der Waals surface area contributed by atoms with E-state index < -0.39 is 5.97 Å². The average molecular weight is 477 g/mol. The molecule has 1 N–H and O–H groups in total. The van der Waals surface area contributed by atoms with E-state index in [0.29, 0.717) is 42.6 Å². The van der Waals surface area contributed by atoms with Gasteiger partial charge in [-0.1, -0.05) is 38.1 Å². The molecule has 35 heavy (non-hydrogen) atoms. The summed E-state index contributed by atoms with van der Waals surface area (Å²) in [6.07, 6.45) is 15.5. The largest absolute Gasteiger partial charge is 0.493 e. The van der Waals surface area contributed by atoms with Crippen molar-refractivity contribution in [1.29, 1.82) is 0 Å². The molecular formula is C28H32N2O5. The zero-order valence-corrected chi connectivity index (χ0v) is 20.3. The number of ether oxygens (including phenoxy) is 2. The molecule has 0 amide bonds. The van der Waals surface area contributed by atoms with Gasteiger partial charge in [0, 0.05) is 36.9 Å². The first-order valence-electron chi connectivity index (χ1n) is 12.0. The van der Waals surface area contributed by atoms with Gasteiger partial charge in [0.2, 0.25) is 5.89 Å². The Kier molecular flexibility index (Phi) is 10.1. The number of nitrogens with zero attached hydrogens (tertiary/aromatic N) is 2. The van der Waals surface area contributed by atoms with Crippen LogP contribution in [0.5, 0.6) is 17.2 Å². The quantitative estimate of drug-likeness (QED) is 0.350. The van der Waals surface area contributed by atoms with Crippen LogP contribution in [0, 0.1) is 0 Å². The van der Waals surface area contributed by atoms with Crippen molar-refractivity contribution in [1.82, 2.24) is 9.97 Å². The summed E-state index contributed by atoms with van der Waals surface area (Å²) in [5.74, 6) is 1.61. The van der Waals surface area contributed by atoms with Gasteiger partial charge in [-0.2, -0.15) is 0 Å². The molecule has 184 valence electrons. The Morgan fingerprint density at radius 1 is 1.09 bits per heavy atom. The van der Waals surface area contributed by atoms with Crippen molar-refractivity contribution < 1.29 is 23.8 Å². The highest BCUT2D eigenvalue weighted by Gasteiger charge is 2.11. The first kappa shape index (κ1) is 25.7. The minimum Gasteiger partial charge on any atom is -0.493 e. The van der Waals surface area contributed by atoms with Gasteiger partial charge in [-0.3, -0.25) is 9.78 Å². The molecule has 7 nitrogen and oxygen atoms in total. The maximum Gasteiger partial charge on any atom is 0.303 e. The second-order valence-corrected chi connectivity index (χ2v) is 7.68. The number of aryl methyl sites for hydroxylation is 1. The number of benzene rings is 1. The van der Waals surface area contributed by atoms with Gasteiger partial charge in [0.1, 0.15) is 23.5 Å². The molecule has 0 unspecified atom stereocenters. The average Bonchev–Trinajstić information content (AvgIpc) is 3.18. The summed E-state index contributed by atoms with van der Waals surface area (Å²) in [6, 6.07) is 8.94. The highest BCUT2D eigenvalue weighted by atomic mass is 16.5. The molecule has 7 heteroatoms. The summed E-state index contributed by atoms with van der Waals surface area (Å²) in [6.45, 7) is 4.42. The van der Waals surface area contributed by atoms with Crippen LogP contribution >= 0.6 is 0 Å². The lowest BCUT2D eigenvalue weighted by Gasteiger charge is -2.13. The zero-order chi connectivity index (χ0) is 24.9. The van der Waals surface area contributed by atoms with Gasteiger partial charge in [-0.25, -0.2) is 4.98 Å². The van der Waals surface area contributed by atoms with Crippen LogP contribution in [-0.2, 0) is 17.6 Å². The molecule has 4 rings (SSSR count). The fourth-order valence-electron chi connectivity index (χ4n) is 3.46. The second-order valence-electron chi connectivity index (χ2n) is 7.68. The van der Waals surface area contributed by atoms with Gasteiger partial charge in [0.05, 0.1) is 12.3 Å². The van der Waals surface area contributed by atoms with E-state index in [1.165, 1.54) is 0 Å². The van der Waals surface area contributed by atoms with Crippen LogP contribution in [0.3, 0.4) is 0 Å². The van der Waals surface area contributed by atoms with E-state index in [4.69, 9.17) is 19.0 Å². The molecule has 0 saturated heterocycles. The predicted octanol–water partition coefficient (Wildman–Crippen LogP) is 6.65. The summed E-state index contributed by atoms with van der Waals surface area (Å²) >= 11 is 0. The first-order valence-corrected chi connectivity index (χ1v) is 12.0. The summed E-state index contributed by atoms with van der Waals surface area (Å²) < 4.78 is 17.6. The van der Waals surface area contributed by atoms with Gasteiger partial charge >= 0.3 is 5.97 Å². The normalized spacial score (nSPS) is 12.7. The second kappa shape index (κ2) is 13.7. The number of oxazole rings is 1. The number of carbonyl (C=O) groups is 1. The molecule has 3 aromatic rings. The Labute approximate surface area is 206 Å². The number of rotatable bonds is 10. The topological polar surface area (TPSA) is 94.7 Å². The molecular weight excluding hydrogens is 444 g/mol. The third-order valence-electron chi connectivity index (χ3n) is 5.19. The number of aliphatic carboxylic acids is 1. The Hall–Kier alpha value is -3.87. The van der Waals surface area contributed by atoms with Crippen LogP contribution in [0.4, 0.5) is 0 Å². The minimum atomic E-state index is -0.854. The number of carboxylic acids is 1. The number of allylic oxidation sites excluding steroid dienone is 4. The SMILES string of the molecule is CC.O=C(O)CCc1ccc(OCCc2coc(C3=CCCCC=C3)n2)cc1Oc1ccncc1. The lowest BCUT2D eigenvalue weighted by molar-refractivity contribution is -0.136. The number of aromatic nitrogens is 2. The molecule has 0 spiro atoms. The third kappa shape index (κ3) is 8.14. The van der Waals surface area contributed by atoms with Crippen LogP contribution in [0.2, 0.25) is 0 Å². The number of hydrogen-bond donors (Lipinski definition) is 1. The molecule has 1 aliphatic rings. The van der Waals surface area contributed by atoms with Crippen LogP contribution in [0.1, 0.15) is 56.7 Å². The van der Waals surface area contributed by atoms with Gasteiger partial charge in [0.25, 0.3) is 0 Å². The molecule has 0 atom stereocenters. The summed E-state index contributed by atoms with van der Waals surface area (Å²) in [4.78, 5) is 19.6. The van der Waals surface area contributed by atoms with E-state index in [0.717, 1.165) is 36.1 Å². The Morgan fingerprint density at radius 3 is 2.71 bits per heavy atom. The van der Waals surface area contributed by atoms with Crippen molar-refractivity contribution in [3.05, 3.63) is 84.4 Å². The molecule has 1 aromatic carbocycles. The highest BCUT2D eigenvalue weighted by Crippen LogP contribution is 2.30. The maximum absolute atomic E-state index is 11.0. The molecule has 0 fully saturated rings. The fraction of sp³-hybridized carbons (Fsp3) is 0.321. The Balaban J connectivity index is 0.00000167. The fourth-order valence-corrected chi connectivity index (χ4v) is 3.46. The van der Waals surface area contributed by atoms with Crippen LogP contribution < -0.4 is 9.47 Å². The lowest BCUT2D eigenvalue weighted by Crippen LogP contribution is -2.03. The van der Waals surface area contributed by atoms with E-state index in [1.807, 2.05) is 26.0 Å². The summed E-state index contributed by atoms with van der Waals surface area (Å²) in [5.41, 5.74) is 2.65. The van der Waals surface area contributed by atoms with Crippen molar-refractivity contribution in [2.45, 2.75) is 52.4 Å². The summed E-state index contributed by atoms with van der Waals surface area (Å²) in [5, 5.41) is 9.04. The van der Waals surface area contributed by atoms with Gasteiger partial charge in [-0.05, 0) is 49.4 Å². The van der Waals surface area contributed by atoms with Crippen molar-refractivity contribution in [2.75, 3.05) is 6.61 Å². The van der Waals surface area contributed by atoms with Crippen LogP contribution in [-0.4, -0.2) is 27.7 Å². The van der Waals surface area contributed by atoms with Crippen molar-refractivity contribution >= 4 is 11.5 Å². The molecule has 0 bridgehead atoms.